The van der Waals surface area contributed by atoms with Gasteiger partial charge in [-0.05, 0) is 5.54 Å². The van der Waals surface area contributed by atoms with Crippen LogP contribution in [-0.2, 0) is 4.79 Å². The lowest BCUT2D eigenvalue weighted by molar-refractivity contribution is -0.119. The number of carbonyl (C=O) groups excluding carboxylic acids is 1. The largest absolute Gasteiger partial charge is 0.368 e. The molecule has 4 heteroatoms. The van der Waals surface area contributed by atoms with E-state index < -0.39 is 6.04 Å². The molecule has 9 heavy (non-hydrogen) atoms. The van der Waals surface area contributed by atoms with Gasteiger partial charge in [0.25, 0.3) is 0 Å². The van der Waals surface area contributed by atoms with Crippen LogP contribution in [0.25, 0.3) is 0 Å². The molecule has 2 atom stereocenters. The topological polar surface area (TPSA) is 69.1 Å². The fourth-order valence-electron chi connectivity index (χ4n) is 0.534. The number of primary amides is 1. The van der Waals surface area contributed by atoms with Crippen LogP contribution in [0.15, 0.2) is 0 Å². The first kappa shape index (κ1) is 8.65. The average molecular weight is 146 g/mol. The molecule has 0 aromatic rings. The Kier molecular flexibility index (Phi) is 3.49. The molecule has 0 saturated heterocycles. The van der Waals surface area contributed by atoms with Crippen molar-refractivity contribution >= 4 is 16.1 Å². The van der Waals surface area contributed by atoms with Gasteiger partial charge in [0.05, 0.1) is 6.04 Å². The van der Waals surface area contributed by atoms with Gasteiger partial charge in [0.2, 0.25) is 5.91 Å². The maximum atomic E-state index is 10.4. The zero-order valence-electron chi connectivity index (χ0n) is 5.92. The van der Waals surface area contributed by atoms with E-state index in [-0.39, 0.29) is 5.91 Å². The summed E-state index contributed by atoms with van der Waals surface area (Å²) in [5, 5.41) is 0. The number of rotatable bonds is 3. The van der Waals surface area contributed by atoms with E-state index in [4.69, 9.17) is 11.5 Å². The summed E-state index contributed by atoms with van der Waals surface area (Å²) in [4.78, 5) is 10.4. The molecule has 0 aromatic heterocycles. The van der Waals surface area contributed by atoms with Crippen LogP contribution in [0, 0.1) is 0 Å². The van der Waals surface area contributed by atoms with Crippen LogP contribution in [0.2, 0.25) is 5.54 Å². The second-order valence-electron chi connectivity index (χ2n) is 2.31. The highest BCUT2D eigenvalue weighted by atomic mass is 28.1. The molecule has 0 heterocycles. The van der Waals surface area contributed by atoms with E-state index >= 15 is 0 Å². The molecule has 54 valence electrons. The van der Waals surface area contributed by atoms with Crippen LogP contribution in [0.3, 0.4) is 0 Å². The molecule has 0 aliphatic heterocycles. The van der Waals surface area contributed by atoms with E-state index in [1.165, 1.54) is 0 Å². The predicted molar refractivity (Wildman–Crippen MR) is 41.1 cm³/mol. The molecule has 4 N–H and O–H groups in total. The second kappa shape index (κ2) is 3.63. The molecule has 1 unspecified atom stereocenters. The van der Waals surface area contributed by atoms with Crippen molar-refractivity contribution in [2.24, 2.45) is 11.5 Å². The van der Waals surface area contributed by atoms with Crippen molar-refractivity contribution < 1.29 is 4.79 Å². The highest BCUT2D eigenvalue weighted by molar-refractivity contribution is 6.14. The summed E-state index contributed by atoms with van der Waals surface area (Å²) in [5.41, 5.74) is 10.7. The maximum Gasteiger partial charge on any atom is 0.234 e. The van der Waals surface area contributed by atoms with Crippen LogP contribution >= 0.6 is 0 Å². The van der Waals surface area contributed by atoms with Gasteiger partial charge in [0.15, 0.2) is 0 Å². The molecule has 0 bridgehead atoms. The van der Waals surface area contributed by atoms with E-state index in [9.17, 15) is 4.79 Å². The number of hydrogen-bond acceptors (Lipinski definition) is 2. The highest BCUT2D eigenvalue weighted by Gasteiger charge is 2.15. The van der Waals surface area contributed by atoms with Gasteiger partial charge in [-0.2, -0.15) is 0 Å². The quantitative estimate of drug-likeness (QED) is 0.469. The predicted octanol–water partition coefficient (Wildman–Crippen LogP) is -1.64. The minimum Gasteiger partial charge on any atom is -0.368 e. The van der Waals surface area contributed by atoms with Gasteiger partial charge in [0, 0.05) is 10.2 Å². The zero-order valence-corrected chi connectivity index (χ0v) is 7.92. The summed E-state index contributed by atoms with van der Waals surface area (Å²) in [6.45, 7) is 2.01. The van der Waals surface area contributed by atoms with E-state index in [0.717, 1.165) is 16.7 Å². The maximum absolute atomic E-state index is 10.4. The Balaban J connectivity index is 3.72. The number of amides is 1. The normalized spacial score (nSPS) is 17.1. The van der Waals surface area contributed by atoms with E-state index in [1.54, 1.807) is 0 Å². The summed E-state index contributed by atoms with van der Waals surface area (Å²) in [6.07, 6.45) is 0.955. The fraction of sp³-hybridized carbons (Fsp3) is 0.800. The second-order valence-corrected chi connectivity index (χ2v) is 3.80. The van der Waals surface area contributed by atoms with Gasteiger partial charge in [-0.3, -0.25) is 4.79 Å². The van der Waals surface area contributed by atoms with Gasteiger partial charge in [-0.1, -0.05) is 13.3 Å². The molecule has 0 saturated carbocycles. The molecule has 0 aliphatic rings. The Labute approximate surface area is 58.2 Å². The van der Waals surface area contributed by atoms with Crippen molar-refractivity contribution in [2.45, 2.75) is 24.9 Å². The molecule has 1 amide bonds. The SMILES string of the molecule is CCC([SiH3])[C@H](N)C(N)=O. The van der Waals surface area contributed by atoms with Gasteiger partial charge in [0.1, 0.15) is 0 Å². The smallest absolute Gasteiger partial charge is 0.234 e. The van der Waals surface area contributed by atoms with E-state index in [0.29, 0.717) is 5.54 Å². The average Bonchev–Trinajstić information content (AvgIpc) is 1.84. The highest BCUT2D eigenvalue weighted by Crippen LogP contribution is 2.07. The fourth-order valence-corrected chi connectivity index (χ4v) is 0.863. The first-order valence-corrected chi connectivity index (χ1v) is 4.30. The third-order valence-electron chi connectivity index (χ3n) is 1.59. The van der Waals surface area contributed by atoms with Crippen molar-refractivity contribution in [1.29, 1.82) is 0 Å². The van der Waals surface area contributed by atoms with Crippen molar-refractivity contribution in [3.63, 3.8) is 0 Å². The minimum absolute atomic E-state index is 0.336. The van der Waals surface area contributed by atoms with Crippen LogP contribution < -0.4 is 11.5 Å². The Morgan fingerprint density at radius 1 is 1.78 bits per heavy atom. The van der Waals surface area contributed by atoms with Crippen LogP contribution in [-0.4, -0.2) is 22.2 Å². The van der Waals surface area contributed by atoms with Gasteiger partial charge in [-0.15, -0.1) is 0 Å². The Morgan fingerprint density at radius 3 is 2.33 bits per heavy atom. The number of carbonyl (C=O) groups is 1. The molecular formula is C5H14N2OSi. The molecular weight excluding hydrogens is 132 g/mol. The first-order chi connectivity index (χ1) is 4.09. The summed E-state index contributed by atoms with van der Waals surface area (Å²) in [5.74, 6) is -0.378. The van der Waals surface area contributed by atoms with E-state index in [1.807, 2.05) is 6.92 Å². The number of hydrogen-bond donors (Lipinski definition) is 2. The Morgan fingerprint density at radius 2 is 2.22 bits per heavy atom. The van der Waals surface area contributed by atoms with Crippen molar-refractivity contribution in [3.8, 4) is 0 Å². The van der Waals surface area contributed by atoms with Gasteiger partial charge < -0.3 is 11.5 Å². The molecule has 0 aliphatic carbocycles. The van der Waals surface area contributed by atoms with Gasteiger partial charge in [-0.25, -0.2) is 0 Å². The minimum atomic E-state index is -0.415. The summed E-state index contributed by atoms with van der Waals surface area (Å²) in [7, 11) is 0.946. The lowest BCUT2D eigenvalue weighted by Gasteiger charge is -2.13. The van der Waals surface area contributed by atoms with Crippen molar-refractivity contribution in [1.82, 2.24) is 0 Å². The lowest BCUT2D eigenvalue weighted by atomic mass is 10.1. The van der Waals surface area contributed by atoms with Gasteiger partial charge >= 0.3 is 0 Å². The molecule has 0 fully saturated rings. The van der Waals surface area contributed by atoms with Crippen LogP contribution in [0.1, 0.15) is 13.3 Å². The van der Waals surface area contributed by atoms with Crippen LogP contribution in [0.4, 0.5) is 0 Å². The summed E-state index contributed by atoms with van der Waals surface area (Å²) in [6, 6.07) is -0.415. The first-order valence-electron chi connectivity index (χ1n) is 3.14. The third kappa shape index (κ3) is 2.62. The lowest BCUT2D eigenvalue weighted by Crippen LogP contribution is -2.39. The van der Waals surface area contributed by atoms with Crippen molar-refractivity contribution in [2.75, 3.05) is 0 Å². The Hall–Kier alpha value is -0.353. The Bertz CT molecular complexity index is 107. The monoisotopic (exact) mass is 146 g/mol. The summed E-state index contributed by atoms with van der Waals surface area (Å²) >= 11 is 0. The third-order valence-corrected chi connectivity index (χ3v) is 3.12. The molecule has 0 aromatic carbocycles. The molecule has 0 spiro atoms. The standard InChI is InChI=1S/C5H14N2OSi/c1-2-3(9)4(6)5(7)8/h3-4H,2,6H2,1,9H3,(H2,7,8)/t3?,4-/m0/s1. The zero-order chi connectivity index (χ0) is 7.44. The summed E-state index contributed by atoms with van der Waals surface area (Å²) < 4.78 is 0. The molecule has 3 nitrogen and oxygen atoms in total. The van der Waals surface area contributed by atoms with E-state index in [2.05, 4.69) is 0 Å². The number of nitrogens with two attached hydrogens (primary N) is 2. The molecule has 0 rings (SSSR count). The molecule has 0 radical (unpaired) electrons. The van der Waals surface area contributed by atoms with Crippen molar-refractivity contribution in [3.05, 3.63) is 0 Å². The van der Waals surface area contributed by atoms with Crippen LogP contribution in [0.5, 0.6) is 0 Å².